The van der Waals surface area contributed by atoms with E-state index in [1.807, 2.05) is 0 Å². The molecule has 0 radical (unpaired) electrons. The first-order chi connectivity index (χ1) is 10.8. The maximum absolute atomic E-state index is 13.6. The summed E-state index contributed by atoms with van der Waals surface area (Å²) < 4.78 is 15.9. The molecular formula is C12H14FN7O3. The molecule has 0 atom stereocenters. The largest absolute Gasteiger partial charge is 0.390 e. The summed E-state index contributed by atoms with van der Waals surface area (Å²) in [5.74, 6) is -1.46. The molecule has 0 spiro atoms. The van der Waals surface area contributed by atoms with Crippen molar-refractivity contribution in [3.8, 4) is 0 Å². The Morgan fingerprint density at radius 3 is 2.74 bits per heavy atom. The van der Waals surface area contributed by atoms with Crippen LogP contribution in [0.25, 0.3) is 0 Å². The van der Waals surface area contributed by atoms with Gasteiger partial charge in [-0.3, -0.25) is 4.79 Å². The van der Waals surface area contributed by atoms with Gasteiger partial charge < -0.3 is 10.1 Å². The molecule has 2 aromatic rings. The molecule has 0 fully saturated rings. The van der Waals surface area contributed by atoms with Gasteiger partial charge in [-0.2, -0.15) is 19.3 Å². The highest BCUT2D eigenvalue weighted by Gasteiger charge is 2.17. The fraction of sp³-hybridized carbons (Fsp3) is 0.333. The molecule has 0 bridgehead atoms. The van der Waals surface area contributed by atoms with E-state index >= 15 is 0 Å². The zero-order valence-electron chi connectivity index (χ0n) is 12.6. The summed E-state index contributed by atoms with van der Waals surface area (Å²) in [5, 5.41) is 21.8. The lowest BCUT2D eigenvalue weighted by Crippen LogP contribution is -2.24. The number of aryl methyl sites for hydroxylation is 3. The van der Waals surface area contributed by atoms with Gasteiger partial charge >= 0.3 is 5.82 Å². The normalized spacial score (nSPS) is 11.1. The van der Waals surface area contributed by atoms with Crippen molar-refractivity contribution in [1.82, 2.24) is 25.0 Å². The molecule has 10 nitrogen and oxygen atoms in total. The number of carbonyl (C=O) groups excluding carboxylic acids is 1. The Labute approximate surface area is 129 Å². The molecule has 23 heavy (non-hydrogen) atoms. The van der Waals surface area contributed by atoms with Crippen molar-refractivity contribution < 1.29 is 14.1 Å². The van der Waals surface area contributed by atoms with E-state index in [2.05, 4.69) is 20.7 Å². The van der Waals surface area contributed by atoms with E-state index in [4.69, 9.17) is 0 Å². The number of nitrogens with zero attached hydrogens (tertiary/aromatic N) is 6. The van der Waals surface area contributed by atoms with Gasteiger partial charge in [-0.1, -0.05) is 0 Å². The lowest BCUT2D eigenvalue weighted by molar-refractivity contribution is -0.389. The van der Waals surface area contributed by atoms with Crippen molar-refractivity contribution in [3.63, 3.8) is 0 Å². The molecule has 2 heterocycles. The van der Waals surface area contributed by atoms with Gasteiger partial charge in [0.05, 0.1) is 34.3 Å². The maximum atomic E-state index is 13.6. The van der Waals surface area contributed by atoms with Crippen LogP contribution in [0, 0.1) is 29.9 Å². The number of nitrogens with one attached hydrogen (secondary N) is 1. The van der Waals surface area contributed by atoms with Gasteiger partial charge in [0, 0.05) is 7.05 Å². The number of hydrogen-bond donors (Lipinski definition) is 1. The lowest BCUT2D eigenvalue weighted by atomic mass is 10.3. The van der Waals surface area contributed by atoms with E-state index in [0.29, 0.717) is 11.4 Å². The maximum Gasteiger partial charge on any atom is 0.390 e. The second-order valence-corrected chi connectivity index (χ2v) is 4.77. The van der Waals surface area contributed by atoms with Crippen LogP contribution in [0.3, 0.4) is 0 Å². The van der Waals surface area contributed by atoms with Crippen LogP contribution in [0.2, 0.25) is 0 Å². The molecule has 0 unspecified atom stereocenters. The molecule has 122 valence electrons. The van der Waals surface area contributed by atoms with Crippen molar-refractivity contribution in [1.29, 1.82) is 0 Å². The predicted molar refractivity (Wildman–Crippen MR) is 77.3 cm³/mol. The topological polar surface area (TPSA) is 120 Å². The van der Waals surface area contributed by atoms with Crippen molar-refractivity contribution in [2.75, 3.05) is 0 Å². The SMILES string of the molecule is Cc1nn(C)c(F)c1C=NNC(=O)Cn1nc([N+](=O)[O-])cc1C. The summed E-state index contributed by atoms with van der Waals surface area (Å²) in [6.07, 6.45) is 1.15. The quantitative estimate of drug-likeness (QED) is 0.486. The van der Waals surface area contributed by atoms with Gasteiger partial charge in [-0.05, 0) is 18.8 Å². The van der Waals surface area contributed by atoms with E-state index < -0.39 is 16.8 Å². The zero-order chi connectivity index (χ0) is 17.1. The van der Waals surface area contributed by atoms with Gasteiger partial charge in [-0.15, -0.1) is 0 Å². The van der Waals surface area contributed by atoms with Crippen molar-refractivity contribution in [2.24, 2.45) is 12.1 Å². The van der Waals surface area contributed by atoms with Gasteiger partial charge in [0.25, 0.3) is 5.91 Å². The van der Waals surface area contributed by atoms with E-state index in [9.17, 15) is 19.3 Å². The number of hydrazone groups is 1. The smallest absolute Gasteiger partial charge is 0.358 e. The average Bonchev–Trinajstić information content (AvgIpc) is 2.94. The van der Waals surface area contributed by atoms with E-state index in [1.54, 1.807) is 13.8 Å². The average molecular weight is 323 g/mol. The first-order valence-electron chi connectivity index (χ1n) is 6.49. The fourth-order valence-corrected chi connectivity index (χ4v) is 1.88. The molecule has 1 amide bonds. The lowest BCUT2D eigenvalue weighted by Gasteiger charge is -1.98. The minimum absolute atomic E-state index is 0.165. The standard InChI is InChI=1S/C12H14FN7O3/c1-7-4-10(20(22)23)17-19(7)6-11(21)15-14-5-9-8(2)16-18(3)12(9)13/h4-5H,6H2,1-3H3,(H,15,21). The van der Waals surface area contributed by atoms with Crippen molar-refractivity contribution >= 4 is 17.9 Å². The Kier molecular flexibility index (Phi) is 4.48. The minimum atomic E-state index is -0.645. The third kappa shape index (κ3) is 3.56. The zero-order valence-corrected chi connectivity index (χ0v) is 12.6. The Morgan fingerprint density at radius 2 is 2.22 bits per heavy atom. The minimum Gasteiger partial charge on any atom is -0.358 e. The molecule has 0 aliphatic carbocycles. The van der Waals surface area contributed by atoms with Crippen LogP contribution in [0.4, 0.5) is 10.2 Å². The predicted octanol–water partition coefficient (Wildman–Crippen LogP) is 0.431. The second kappa shape index (κ2) is 6.34. The molecule has 0 saturated heterocycles. The number of aromatic nitrogens is 4. The van der Waals surface area contributed by atoms with Gasteiger partial charge in [0.1, 0.15) is 6.54 Å². The number of halogens is 1. The summed E-state index contributed by atoms with van der Waals surface area (Å²) in [5.41, 5.74) is 3.27. The number of hydrogen-bond acceptors (Lipinski definition) is 6. The molecule has 2 aromatic heterocycles. The summed E-state index contributed by atoms with van der Waals surface area (Å²) >= 11 is 0. The van der Waals surface area contributed by atoms with Crippen LogP contribution < -0.4 is 5.43 Å². The molecule has 0 aliphatic rings. The number of rotatable bonds is 5. The third-order valence-corrected chi connectivity index (χ3v) is 3.03. The summed E-state index contributed by atoms with van der Waals surface area (Å²) in [6.45, 7) is 2.95. The van der Waals surface area contributed by atoms with E-state index in [1.165, 1.54) is 17.8 Å². The molecule has 2 rings (SSSR count). The molecule has 1 N–H and O–H groups in total. The highest BCUT2D eigenvalue weighted by atomic mass is 19.1. The Morgan fingerprint density at radius 1 is 1.52 bits per heavy atom. The summed E-state index contributed by atoms with van der Waals surface area (Å²) in [4.78, 5) is 21.7. The highest BCUT2D eigenvalue weighted by Crippen LogP contribution is 2.10. The van der Waals surface area contributed by atoms with Crippen LogP contribution in [-0.4, -0.2) is 36.6 Å². The molecule has 11 heteroatoms. The number of nitro groups is 1. The summed E-state index contributed by atoms with van der Waals surface area (Å²) in [6, 6.07) is 1.25. The van der Waals surface area contributed by atoms with Crippen LogP contribution in [0.1, 0.15) is 17.0 Å². The first-order valence-corrected chi connectivity index (χ1v) is 6.49. The van der Waals surface area contributed by atoms with Crippen LogP contribution in [0.15, 0.2) is 11.2 Å². The monoisotopic (exact) mass is 323 g/mol. The molecule has 0 saturated carbocycles. The van der Waals surface area contributed by atoms with Gasteiger partial charge in [0.2, 0.25) is 5.95 Å². The van der Waals surface area contributed by atoms with E-state index in [0.717, 1.165) is 10.9 Å². The van der Waals surface area contributed by atoms with Crippen LogP contribution in [0.5, 0.6) is 0 Å². The van der Waals surface area contributed by atoms with Crippen molar-refractivity contribution in [2.45, 2.75) is 20.4 Å². The molecular weight excluding hydrogens is 309 g/mol. The summed E-state index contributed by atoms with van der Waals surface area (Å²) in [7, 11) is 1.45. The Bertz CT molecular complexity index is 793. The first kappa shape index (κ1) is 16.3. The van der Waals surface area contributed by atoms with Crippen molar-refractivity contribution in [3.05, 3.63) is 39.1 Å². The van der Waals surface area contributed by atoms with Gasteiger partial charge in [0.15, 0.2) is 0 Å². The Balaban J connectivity index is 2.00. The second-order valence-electron chi connectivity index (χ2n) is 4.77. The van der Waals surface area contributed by atoms with Crippen LogP contribution >= 0.6 is 0 Å². The molecule has 0 aromatic carbocycles. The van der Waals surface area contributed by atoms with Gasteiger partial charge in [-0.25, -0.2) is 10.1 Å². The highest BCUT2D eigenvalue weighted by molar-refractivity contribution is 5.83. The fourth-order valence-electron chi connectivity index (χ4n) is 1.88. The number of carbonyl (C=O) groups is 1. The Hall–Kier alpha value is -3.11. The van der Waals surface area contributed by atoms with E-state index in [-0.39, 0.29) is 17.9 Å². The van der Waals surface area contributed by atoms with Crippen LogP contribution in [-0.2, 0) is 18.4 Å². The molecule has 0 aliphatic heterocycles. The third-order valence-electron chi connectivity index (χ3n) is 3.03. The number of amides is 1.